The molecule has 0 bridgehead atoms. The highest BCUT2D eigenvalue weighted by Crippen LogP contribution is 2.43. The van der Waals surface area contributed by atoms with Crippen LogP contribution in [-0.2, 0) is 17.0 Å². The molecule has 0 saturated carbocycles. The lowest BCUT2D eigenvalue weighted by atomic mass is 10.1. The molecule has 5 heteroatoms. The molecule has 0 radical (unpaired) electrons. The quantitative estimate of drug-likeness (QED) is 0.749. The Labute approximate surface area is 151 Å². The van der Waals surface area contributed by atoms with Crippen molar-refractivity contribution >= 4 is 23.4 Å². The number of fused-ring (bicyclic) bond motifs is 1. The van der Waals surface area contributed by atoms with Crippen molar-refractivity contribution < 1.29 is 4.79 Å². The fourth-order valence-electron chi connectivity index (χ4n) is 3.10. The summed E-state index contributed by atoms with van der Waals surface area (Å²) in [7, 11) is 0. The first-order valence-electron chi connectivity index (χ1n) is 8.36. The number of carbonyl (C=O) groups is 1. The number of hydrogen-bond donors (Lipinski definition) is 1. The second-order valence-electron chi connectivity index (χ2n) is 6.07. The smallest absolute Gasteiger partial charge is 0.224 e. The minimum Gasteiger partial charge on any atom is -0.332 e. The second kappa shape index (κ2) is 7.15. The maximum Gasteiger partial charge on any atom is 0.224 e. The van der Waals surface area contributed by atoms with E-state index in [0.29, 0.717) is 6.42 Å². The van der Waals surface area contributed by atoms with Crippen molar-refractivity contribution in [3.63, 3.8) is 0 Å². The Balaban J connectivity index is 1.42. The Bertz CT molecular complexity index is 861. The van der Waals surface area contributed by atoms with Gasteiger partial charge in [0.2, 0.25) is 5.91 Å². The molecular formula is C20H19N3OS. The summed E-state index contributed by atoms with van der Waals surface area (Å²) in [6.07, 6.45) is 7.01. The van der Waals surface area contributed by atoms with Gasteiger partial charge in [-0.15, -0.1) is 11.8 Å². The van der Waals surface area contributed by atoms with Crippen LogP contribution in [0.5, 0.6) is 0 Å². The summed E-state index contributed by atoms with van der Waals surface area (Å²) in [6.45, 7) is 0. The average molecular weight is 349 g/mol. The van der Waals surface area contributed by atoms with Crippen molar-refractivity contribution in [3.8, 4) is 0 Å². The number of benzene rings is 1. The molecule has 2 aromatic heterocycles. The van der Waals surface area contributed by atoms with Gasteiger partial charge in [-0.1, -0.05) is 36.4 Å². The number of carbonyl (C=O) groups excluding carboxylic acids is 1. The Morgan fingerprint density at radius 2 is 2.08 bits per heavy atom. The third kappa shape index (κ3) is 3.46. The zero-order valence-corrected chi connectivity index (χ0v) is 14.6. The van der Waals surface area contributed by atoms with Gasteiger partial charge in [0, 0.05) is 36.3 Å². The van der Waals surface area contributed by atoms with E-state index in [1.54, 1.807) is 6.20 Å². The molecule has 1 amide bonds. The minimum absolute atomic E-state index is 0.0627. The molecule has 1 unspecified atom stereocenters. The maximum atomic E-state index is 12.3. The number of pyridine rings is 1. The number of hydrogen-bond acceptors (Lipinski definition) is 3. The lowest BCUT2D eigenvalue weighted by molar-refractivity contribution is -0.116. The monoisotopic (exact) mass is 349 g/mol. The molecule has 4 nitrogen and oxygen atoms in total. The molecule has 3 aromatic rings. The van der Waals surface area contributed by atoms with Crippen LogP contribution in [0.4, 0.5) is 5.69 Å². The van der Waals surface area contributed by atoms with E-state index in [1.165, 1.54) is 16.8 Å². The summed E-state index contributed by atoms with van der Waals surface area (Å²) in [5.74, 6) is 0.952. The summed E-state index contributed by atoms with van der Waals surface area (Å²) in [6, 6.07) is 16.2. The van der Waals surface area contributed by atoms with Gasteiger partial charge in [0.25, 0.3) is 0 Å². The molecule has 0 saturated heterocycles. The molecule has 1 aromatic carbocycles. The highest BCUT2D eigenvalue weighted by atomic mass is 32.2. The van der Waals surface area contributed by atoms with Gasteiger partial charge in [-0.2, -0.15) is 0 Å². The van der Waals surface area contributed by atoms with Gasteiger partial charge in [-0.25, -0.2) is 0 Å². The molecule has 25 heavy (non-hydrogen) atoms. The second-order valence-corrected chi connectivity index (χ2v) is 7.14. The van der Waals surface area contributed by atoms with E-state index in [0.717, 1.165) is 17.9 Å². The highest BCUT2D eigenvalue weighted by Gasteiger charge is 2.26. The minimum atomic E-state index is 0.0627. The van der Waals surface area contributed by atoms with E-state index in [2.05, 4.69) is 39.3 Å². The number of aryl methyl sites for hydroxylation is 1. The Kier molecular flexibility index (Phi) is 4.57. The van der Waals surface area contributed by atoms with Gasteiger partial charge in [0.15, 0.2) is 0 Å². The third-order valence-corrected chi connectivity index (χ3v) is 5.64. The molecule has 1 aliphatic heterocycles. The molecule has 0 spiro atoms. The van der Waals surface area contributed by atoms with Crippen molar-refractivity contribution in [1.29, 1.82) is 0 Å². The predicted octanol–water partition coefficient (Wildman–Crippen LogP) is 4.25. The molecular weight excluding hydrogens is 330 g/mol. The molecule has 1 aliphatic rings. The molecule has 0 aliphatic carbocycles. The Morgan fingerprint density at radius 1 is 1.20 bits per heavy atom. The fraction of sp³-hybridized carbons (Fsp3) is 0.200. The molecule has 1 atom stereocenters. The van der Waals surface area contributed by atoms with Gasteiger partial charge < -0.3 is 9.88 Å². The van der Waals surface area contributed by atoms with Crippen LogP contribution in [0.25, 0.3) is 0 Å². The molecule has 1 N–H and O–H groups in total. The van der Waals surface area contributed by atoms with Crippen LogP contribution in [0.1, 0.15) is 28.6 Å². The zero-order chi connectivity index (χ0) is 17.1. The maximum absolute atomic E-state index is 12.3. The van der Waals surface area contributed by atoms with Crippen LogP contribution in [-0.4, -0.2) is 15.5 Å². The number of anilines is 1. The number of nitrogens with zero attached hydrogens (tertiary/aromatic N) is 2. The third-order valence-electron chi connectivity index (χ3n) is 4.38. The number of nitrogens with one attached hydrogen (secondary N) is 1. The first kappa shape index (κ1) is 16.0. The molecule has 126 valence electrons. The van der Waals surface area contributed by atoms with Crippen molar-refractivity contribution in [3.05, 3.63) is 83.9 Å². The summed E-state index contributed by atoms with van der Waals surface area (Å²) in [5, 5.41) is 3.31. The van der Waals surface area contributed by atoms with Crippen LogP contribution in [0.15, 0.2) is 67.1 Å². The van der Waals surface area contributed by atoms with Gasteiger partial charge >= 0.3 is 0 Å². The SMILES string of the molecule is O=C(CCc1ccccc1)Nc1ccn2c1CSC2c1cccnc1. The van der Waals surface area contributed by atoms with E-state index in [9.17, 15) is 4.79 Å². The fourth-order valence-corrected chi connectivity index (χ4v) is 4.41. The van der Waals surface area contributed by atoms with Gasteiger partial charge in [0.1, 0.15) is 5.37 Å². The summed E-state index contributed by atoms with van der Waals surface area (Å²) in [4.78, 5) is 16.5. The van der Waals surface area contributed by atoms with Crippen LogP contribution >= 0.6 is 11.8 Å². The van der Waals surface area contributed by atoms with E-state index < -0.39 is 0 Å². The van der Waals surface area contributed by atoms with Crippen molar-refractivity contribution in [2.75, 3.05) is 5.32 Å². The predicted molar refractivity (Wildman–Crippen MR) is 101 cm³/mol. The Morgan fingerprint density at radius 3 is 2.88 bits per heavy atom. The summed E-state index contributed by atoms with van der Waals surface area (Å²) >= 11 is 1.85. The summed E-state index contributed by atoms with van der Waals surface area (Å²) < 4.78 is 2.23. The zero-order valence-electron chi connectivity index (χ0n) is 13.8. The van der Waals surface area contributed by atoms with Crippen molar-refractivity contribution in [2.45, 2.75) is 24.0 Å². The van der Waals surface area contributed by atoms with Crippen molar-refractivity contribution in [1.82, 2.24) is 9.55 Å². The number of amides is 1. The van der Waals surface area contributed by atoms with Gasteiger partial charge in [-0.05, 0) is 24.1 Å². The van der Waals surface area contributed by atoms with E-state index in [1.807, 2.05) is 48.3 Å². The molecule has 4 rings (SSSR count). The normalized spacial score (nSPS) is 15.8. The first-order valence-corrected chi connectivity index (χ1v) is 9.41. The van der Waals surface area contributed by atoms with Crippen LogP contribution in [0, 0.1) is 0 Å². The largest absolute Gasteiger partial charge is 0.332 e. The molecule has 0 fully saturated rings. The molecule has 3 heterocycles. The van der Waals surface area contributed by atoms with Gasteiger partial charge in [0.05, 0.1) is 11.4 Å². The number of thioether (sulfide) groups is 1. The van der Waals surface area contributed by atoms with Crippen molar-refractivity contribution in [2.24, 2.45) is 0 Å². The van der Waals surface area contributed by atoms with E-state index in [-0.39, 0.29) is 11.3 Å². The number of aromatic nitrogens is 2. The van der Waals surface area contributed by atoms with Gasteiger partial charge in [-0.3, -0.25) is 9.78 Å². The highest BCUT2D eigenvalue weighted by molar-refractivity contribution is 7.99. The van der Waals surface area contributed by atoms with Crippen LogP contribution in [0.3, 0.4) is 0 Å². The first-order chi connectivity index (χ1) is 12.3. The lowest BCUT2D eigenvalue weighted by Gasteiger charge is -2.12. The van der Waals surface area contributed by atoms with Crippen LogP contribution < -0.4 is 5.32 Å². The Hall–Kier alpha value is -2.53. The standard InChI is InChI=1S/C20H19N3OS/c24-19(9-8-15-5-2-1-3-6-15)22-17-10-12-23-18(17)14-25-20(23)16-7-4-11-21-13-16/h1-7,10-13,20H,8-9,14H2,(H,22,24). The average Bonchev–Trinajstić information content (AvgIpc) is 3.25. The summed E-state index contributed by atoms with van der Waals surface area (Å²) in [5.41, 5.74) is 4.47. The van der Waals surface area contributed by atoms with E-state index in [4.69, 9.17) is 0 Å². The van der Waals surface area contributed by atoms with Crippen LogP contribution in [0.2, 0.25) is 0 Å². The lowest BCUT2D eigenvalue weighted by Crippen LogP contribution is -2.13. The van der Waals surface area contributed by atoms with E-state index >= 15 is 0 Å². The topological polar surface area (TPSA) is 46.9 Å². The number of rotatable bonds is 5.